The van der Waals surface area contributed by atoms with Gasteiger partial charge in [0.15, 0.2) is 0 Å². The van der Waals surface area contributed by atoms with Gasteiger partial charge in [-0.05, 0) is 31.0 Å². The van der Waals surface area contributed by atoms with E-state index in [9.17, 15) is 4.79 Å². The smallest absolute Gasteiger partial charge is 0.344 e. The second kappa shape index (κ2) is 8.83. The normalized spacial score (nSPS) is 11.1. The number of aryl methyl sites for hydroxylation is 2. The second-order valence-corrected chi connectivity index (χ2v) is 8.28. The molecule has 1 aromatic heterocycles. The van der Waals surface area contributed by atoms with Crippen LogP contribution in [0.15, 0.2) is 94.1 Å². The van der Waals surface area contributed by atoms with Gasteiger partial charge in [0.05, 0.1) is 10.8 Å². The Morgan fingerprint density at radius 1 is 0.697 bits per heavy atom. The highest BCUT2D eigenvalue weighted by molar-refractivity contribution is 6.08. The third-order valence-corrected chi connectivity index (χ3v) is 5.70. The summed E-state index contributed by atoms with van der Waals surface area (Å²) in [4.78, 5) is 12.6. The summed E-state index contributed by atoms with van der Waals surface area (Å²) in [5, 5.41) is 2.09. The van der Waals surface area contributed by atoms with Crippen LogP contribution in [0.4, 0.5) is 0 Å². The SMILES string of the molecule is Cc1ccc(COc2cc(OCc3ccc(C)cc3)c3c(c2)oc(=O)c2ccccc23)cc1. The molecule has 0 aliphatic heterocycles. The summed E-state index contributed by atoms with van der Waals surface area (Å²) >= 11 is 0. The lowest BCUT2D eigenvalue weighted by Gasteiger charge is -2.14. The van der Waals surface area contributed by atoms with Crippen molar-refractivity contribution < 1.29 is 13.9 Å². The molecule has 4 heteroatoms. The maximum atomic E-state index is 12.6. The molecule has 0 unspecified atom stereocenters. The molecule has 0 bridgehead atoms. The molecule has 0 fully saturated rings. The lowest BCUT2D eigenvalue weighted by Crippen LogP contribution is -2.03. The minimum Gasteiger partial charge on any atom is -0.489 e. The van der Waals surface area contributed by atoms with Gasteiger partial charge in [0, 0.05) is 17.5 Å². The summed E-state index contributed by atoms with van der Waals surface area (Å²) in [5.41, 5.74) is 4.58. The van der Waals surface area contributed by atoms with Crippen LogP contribution in [0, 0.1) is 13.8 Å². The Labute approximate surface area is 192 Å². The molecule has 1 heterocycles. The van der Waals surface area contributed by atoms with Crippen molar-refractivity contribution in [2.24, 2.45) is 0 Å². The Morgan fingerprint density at radius 3 is 1.91 bits per heavy atom. The summed E-state index contributed by atoms with van der Waals surface area (Å²) in [5.74, 6) is 1.20. The van der Waals surface area contributed by atoms with Gasteiger partial charge in [-0.15, -0.1) is 0 Å². The first kappa shape index (κ1) is 20.8. The molecule has 5 aromatic rings. The monoisotopic (exact) mass is 436 g/mol. The van der Waals surface area contributed by atoms with Gasteiger partial charge in [-0.1, -0.05) is 77.9 Å². The predicted molar refractivity (Wildman–Crippen MR) is 131 cm³/mol. The summed E-state index contributed by atoms with van der Waals surface area (Å²) in [6, 6.07) is 27.5. The van der Waals surface area contributed by atoms with E-state index >= 15 is 0 Å². The van der Waals surface area contributed by atoms with E-state index in [1.54, 1.807) is 12.1 Å². The summed E-state index contributed by atoms with van der Waals surface area (Å²) in [6.45, 7) is 4.91. The van der Waals surface area contributed by atoms with E-state index in [1.165, 1.54) is 11.1 Å². The third-order valence-electron chi connectivity index (χ3n) is 5.70. The Hall–Kier alpha value is -4.05. The second-order valence-electron chi connectivity index (χ2n) is 8.28. The Bertz CT molecular complexity index is 1480. The fraction of sp³-hybridized carbons (Fsp3) is 0.138. The number of ether oxygens (including phenoxy) is 2. The molecule has 0 amide bonds. The van der Waals surface area contributed by atoms with Gasteiger partial charge in [-0.2, -0.15) is 0 Å². The number of fused-ring (bicyclic) bond motifs is 3. The Kier molecular flexibility index (Phi) is 5.57. The molecule has 0 aliphatic carbocycles. The fourth-order valence-corrected chi connectivity index (χ4v) is 3.84. The van der Waals surface area contributed by atoms with Crippen LogP contribution in [-0.2, 0) is 13.2 Å². The fourth-order valence-electron chi connectivity index (χ4n) is 3.84. The first-order chi connectivity index (χ1) is 16.1. The maximum Gasteiger partial charge on any atom is 0.344 e. The van der Waals surface area contributed by atoms with Crippen LogP contribution in [0.25, 0.3) is 21.7 Å². The first-order valence-corrected chi connectivity index (χ1v) is 10.9. The van der Waals surface area contributed by atoms with Gasteiger partial charge < -0.3 is 13.9 Å². The number of hydrogen-bond donors (Lipinski definition) is 0. The van der Waals surface area contributed by atoms with Crippen molar-refractivity contribution in [1.29, 1.82) is 0 Å². The van der Waals surface area contributed by atoms with E-state index in [4.69, 9.17) is 13.9 Å². The van der Waals surface area contributed by atoms with Crippen LogP contribution in [0.3, 0.4) is 0 Å². The highest BCUT2D eigenvalue weighted by Gasteiger charge is 2.15. The molecule has 0 saturated heterocycles. The van der Waals surface area contributed by atoms with Crippen LogP contribution in [-0.4, -0.2) is 0 Å². The maximum absolute atomic E-state index is 12.6. The summed E-state index contributed by atoms with van der Waals surface area (Å²) in [7, 11) is 0. The van der Waals surface area contributed by atoms with Gasteiger partial charge in [0.1, 0.15) is 30.3 Å². The molecule has 164 valence electrons. The minimum absolute atomic E-state index is 0.377. The van der Waals surface area contributed by atoms with Crippen molar-refractivity contribution in [3.05, 3.63) is 118 Å². The van der Waals surface area contributed by atoms with Crippen molar-refractivity contribution in [3.8, 4) is 11.5 Å². The van der Waals surface area contributed by atoms with Gasteiger partial charge in [-0.3, -0.25) is 0 Å². The zero-order chi connectivity index (χ0) is 22.8. The molecule has 4 nitrogen and oxygen atoms in total. The molecule has 0 radical (unpaired) electrons. The zero-order valence-electron chi connectivity index (χ0n) is 18.6. The molecule has 33 heavy (non-hydrogen) atoms. The highest BCUT2D eigenvalue weighted by Crippen LogP contribution is 2.36. The van der Waals surface area contributed by atoms with Crippen molar-refractivity contribution in [1.82, 2.24) is 0 Å². The molecular formula is C29H24O4. The average Bonchev–Trinajstić information content (AvgIpc) is 2.83. The standard InChI is InChI=1S/C29H24O4/c1-19-7-11-21(12-8-19)17-31-23-15-26(32-18-22-13-9-20(2)10-14-22)28-24-5-3-4-6-25(24)29(30)33-27(28)16-23/h3-16H,17-18H2,1-2H3. The Balaban J connectivity index is 1.55. The van der Waals surface area contributed by atoms with E-state index in [-0.39, 0.29) is 5.63 Å². The average molecular weight is 437 g/mol. The first-order valence-electron chi connectivity index (χ1n) is 10.9. The van der Waals surface area contributed by atoms with E-state index in [0.29, 0.717) is 35.7 Å². The van der Waals surface area contributed by atoms with E-state index in [1.807, 2.05) is 48.5 Å². The summed E-state index contributed by atoms with van der Waals surface area (Å²) < 4.78 is 18.0. The van der Waals surface area contributed by atoms with Gasteiger partial charge in [-0.25, -0.2) is 4.79 Å². The quantitative estimate of drug-likeness (QED) is 0.219. The van der Waals surface area contributed by atoms with Crippen molar-refractivity contribution in [3.63, 3.8) is 0 Å². The van der Waals surface area contributed by atoms with E-state index in [0.717, 1.165) is 21.9 Å². The van der Waals surface area contributed by atoms with Crippen LogP contribution >= 0.6 is 0 Å². The summed E-state index contributed by atoms with van der Waals surface area (Å²) in [6.07, 6.45) is 0. The molecular weight excluding hydrogens is 412 g/mol. The minimum atomic E-state index is -0.377. The van der Waals surface area contributed by atoms with Crippen molar-refractivity contribution in [2.75, 3.05) is 0 Å². The Morgan fingerprint density at radius 2 is 1.27 bits per heavy atom. The van der Waals surface area contributed by atoms with Crippen LogP contribution < -0.4 is 15.1 Å². The van der Waals surface area contributed by atoms with Crippen LogP contribution in [0.1, 0.15) is 22.3 Å². The lowest BCUT2D eigenvalue weighted by molar-refractivity contribution is 0.292. The zero-order valence-corrected chi connectivity index (χ0v) is 18.6. The van der Waals surface area contributed by atoms with Crippen LogP contribution in [0.5, 0.6) is 11.5 Å². The molecule has 0 N–H and O–H groups in total. The highest BCUT2D eigenvalue weighted by atomic mass is 16.5. The molecule has 4 aromatic carbocycles. The largest absolute Gasteiger partial charge is 0.489 e. The van der Waals surface area contributed by atoms with E-state index in [2.05, 4.69) is 38.1 Å². The van der Waals surface area contributed by atoms with Gasteiger partial charge >= 0.3 is 5.63 Å². The molecule has 0 atom stereocenters. The lowest BCUT2D eigenvalue weighted by atomic mass is 10.1. The van der Waals surface area contributed by atoms with Crippen LogP contribution in [0.2, 0.25) is 0 Å². The molecule has 0 spiro atoms. The van der Waals surface area contributed by atoms with E-state index < -0.39 is 0 Å². The predicted octanol–water partition coefficient (Wildman–Crippen LogP) is 6.72. The van der Waals surface area contributed by atoms with Gasteiger partial charge in [0.25, 0.3) is 0 Å². The number of benzene rings is 4. The van der Waals surface area contributed by atoms with Crippen molar-refractivity contribution in [2.45, 2.75) is 27.1 Å². The molecule has 0 saturated carbocycles. The number of rotatable bonds is 6. The van der Waals surface area contributed by atoms with Gasteiger partial charge in [0.2, 0.25) is 0 Å². The topological polar surface area (TPSA) is 48.7 Å². The molecule has 5 rings (SSSR count). The third kappa shape index (κ3) is 4.46. The van der Waals surface area contributed by atoms with Crippen molar-refractivity contribution >= 4 is 21.7 Å². The molecule has 0 aliphatic rings. The number of hydrogen-bond acceptors (Lipinski definition) is 4.